The second-order valence-electron chi connectivity index (χ2n) is 3.93. The van der Waals surface area contributed by atoms with E-state index in [1.807, 2.05) is 0 Å². The first-order valence-corrected chi connectivity index (χ1v) is 5.65. The van der Waals surface area contributed by atoms with Crippen molar-refractivity contribution in [1.29, 1.82) is 0 Å². The molecule has 0 fully saturated rings. The van der Waals surface area contributed by atoms with Crippen molar-refractivity contribution in [3.63, 3.8) is 0 Å². The van der Waals surface area contributed by atoms with Crippen LogP contribution < -0.4 is 6.15 Å². The minimum absolute atomic E-state index is 0. The first-order valence-electron chi connectivity index (χ1n) is 5.65. The van der Waals surface area contributed by atoms with Crippen LogP contribution in [0.5, 0.6) is 0 Å². The maximum Gasteiger partial charge on any atom is 0.104 e. The van der Waals surface area contributed by atoms with E-state index in [0.717, 1.165) is 0 Å². The highest BCUT2D eigenvalue weighted by molar-refractivity contribution is 5.75. The molecule has 1 aromatic carbocycles. The van der Waals surface area contributed by atoms with Crippen molar-refractivity contribution >= 4 is 8.41 Å². The van der Waals surface area contributed by atoms with Gasteiger partial charge in [0.1, 0.15) is 6.54 Å². The van der Waals surface area contributed by atoms with Crippen LogP contribution in [0.1, 0.15) is 27.8 Å². The summed E-state index contributed by atoms with van der Waals surface area (Å²) in [5.41, 5.74) is 1.46. The summed E-state index contributed by atoms with van der Waals surface area (Å²) in [6.07, 6.45) is 0. The Balaban J connectivity index is -0.000000653. The first-order chi connectivity index (χ1) is 6.76. The third kappa shape index (κ3) is 4.37. The Bertz CT molecular complexity index is 255. The molecule has 0 aliphatic heterocycles. The van der Waals surface area contributed by atoms with Crippen LogP contribution in [0.4, 0.5) is 0 Å². The molecule has 0 saturated carbocycles. The fourth-order valence-electron chi connectivity index (χ4n) is 1.98. The van der Waals surface area contributed by atoms with E-state index in [-0.39, 0.29) is 16.0 Å². The molecular formula is C13H29BN2. The Kier molecular flexibility index (Phi) is 9.20. The van der Waals surface area contributed by atoms with E-state index in [0.29, 0.717) is 0 Å². The van der Waals surface area contributed by atoms with E-state index in [1.54, 1.807) is 0 Å². The summed E-state index contributed by atoms with van der Waals surface area (Å²) in [5.74, 6) is 0. The molecule has 0 saturated heterocycles. The van der Waals surface area contributed by atoms with Crippen molar-refractivity contribution in [3.05, 3.63) is 35.9 Å². The Morgan fingerprint density at radius 3 is 1.75 bits per heavy atom. The fraction of sp³-hybridized carbons (Fsp3) is 0.538. The molecule has 0 aliphatic carbocycles. The van der Waals surface area contributed by atoms with Gasteiger partial charge in [-0.3, -0.25) is 0 Å². The highest BCUT2D eigenvalue weighted by Crippen LogP contribution is 2.13. The van der Waals surface area contributed by atoms with Gasteiger partial charge in [0.2, 0.25) is 0 Å². The van der Waals surface area contributed by atoms with Gasteiger partial charge in [0, 0.05) is 5.56 Å². The molecule has 1 rings (SSSR count). The summed E-state index contributed by atoms with van der Waals surface area (Å²) in [4.78, 5) is 0. The molecular weight excluding hydrogens is 195 g/mol. The number of quaternary nitrogens is 1. The van der Waals surface area contributed by atoms with Crippen molar-refractivity contribution in [3.8, 4) is 0 Å². The highest BCUT2D eigenvalue weighted by atomic mass is 15.3. The second-order valence-corrected chi connectivity index (χ2v) is 3.93. The molecule has 0 spiro atoms. The number of benzene rings is 1. The summed E-state index contributed by atoms with van der Waals surface area (Å²) >= 11 is 0. The van der Waals surface area contributed by atoms with Crippen LogP contribution >= 0.6 is 0 Å². The van der Waals surface area contributed by atoms with Gasteiger partial charge in [0.25, 0.3) is 0 Å². The van der Waals surface area contributed by atoms with Gasteiger partial charge in [-0.25, -0.2) is 0 Å². The third-order valence-electron chi connectivity index (χ3n) is 3.37. The summed E-state index contributed by atoms with van der Waals surface area (Å²) in [6, 6.07) is 10.8. The van der Waals surface area contributed by atoms with Crippen LogP contribution in [-0.4, -0.2) is 32.5 Å². The Morgan fingerprint density at radius 1 is 0.938 bits per heavy atom. The minimum Gasteiger partial charge on any atom is -1.00 e. The summed E-state index contributed by atoms with van der Waals surface area (Å²) in [7, 11) is 0. The maximum absolute atomic E-state index is 2.29. The normalized spacial score (nSPS) is 10.2. The van der Waals surface area contributed by atoms with Crippen molar-refractivity contribution in [2.75, 3.05) is 19.6 Å². The molecule has 0 amide bonds. The molecule has 16 heavy (non-hydrogen) atoms. The number of nitrogens with zero attached hydrogens (tertiary/aromatic N) is 1. The van der Waals surface area contributed by atoms with Crippen LogP contribution in [0.25, 0.3) is 0 Å². The minimum atomic E-state index is 0. The quantitative estimate of drug-likeness (QED) is 0.603. The largest absolute Gasteiger partial charge is 1.00 e. The maximum atomic E-state index is 2.29. The summed E-state index contributed by atoms with van der Waals surface area (Å²) in [6.45, 7) is 11.7. The molecule has 0 aromatic heterocycles. The molecule has 1 aromatic rings. The fourth-order valence-corrected chi connectivity index (χ4v) is 1.98. The third-order valence-corrected chi connectivity index (χ3v) is 3.37. The lowest BCUT2D eigenvalue weighted by atomic mass is 10.2. The van der Waals surface area contributed by atoms with E-state index in [2.05, 4.69) is 51.1 Å². The molecule has 3 N–H and O–H groups in total. The number of hydrogen-bond acceptors (Lipinski definition) is 1. The van der Waals surface area contributed by atoms with E-state index in [9.17, 15) is 0 Å². The molecule has 2 nitrogen and oxygen atoms in total. The highest BCUT2D eigenvalue weighted by Gasteiger charge is 2.20. The average Bonchev–Trinajstić information content (AvgIpc) is 2.28. The van der Waals surface area contributed by atoms with E-state index >= 15 is 0 Å². The van der Waals surface area contributed by atoms with E-state index < -0.39 is 0 Å². The summed E-state index contributed by atoms with van der Waals surface area (Å²) in [5, 5.41) is 0. The molecule has 94 valence electrons. The SMILES string of the molecule is B.CC[N+](CC)(CC)Cc1ccccc1.N.[H-]. The predicted octanol–water partition coefficient (Wildman–Crippen LogP) is 2.15. The summed E-state index contributed by atoms with van der Waals surface area (Å²) < 4.78 is 1.20. The van der Waals surface area contributed by atoms with Gasteiger partial charge in [-0.1, -0.05) is 30.3 Å². The zero-order valence-electron chi connectivity index (χ0n) is 11.4. The molecule has 3 heteroatoms. The number of rotatable bonds is 5. The standard InChI is InChI=1S/C13H22N.BH3.H3N.H/c1-4-14(5-2,6-3)12-13-10-8-7-9-11-13;;;/h7-11H,4-6,12H2,1-3H3;2*1H3;/q+1;;;-1. The van der Waals surface area contributed by atoms with Crippen LogP contribution in [-0.2, 0) is 6.54 Å². The predicted molar refractivity (Wildman–Crippen MR) is 78.1 cm³/mol. The van der Waals surface area contributed by atoms with Crippen molar-refractivity contribution in [1.82, 2.24) is 6.15 Å². The van der Waals surface area contributed by atoms with Gasteiger partial charge in [-0.15, -0.1) is 0 Å². The van der Waals surface area contributed by atoms with E-state index in [1.165, 1.54) is 36.2 Å². The van der Waals surface area contributed by atoms with Gasteiger partial charge in [-0.2, -0.15) is 0 Å². The molecule has 0 aliphatic rings. The Labute approximate surface area is 104 Å². The molecule has 0 bridgehead atoms. The van der Waals surface area contributed by atoms with Gasteiger partial charge in [-0.05, 0) is 20.8 Å². The Morgan fingerprint density at radius 2 is 1.38 bits per heavy atom. The van der Waals surface area contributed by atoms with Gasteiger partial charge < -0.3 is 12.1 Å². The van der Waals surface area contributed by atoms with Gasteiger partial charge in [0.15, 0.2) is 0 Å². The molecule has 0 atom stereocenters. The molecule has 0 unspecified atom stereocenters. The second kappa shape index (κ2) is 8.37. The van der Waals surface area contributed by atoms with Gasteiger partial charge >= 0.3 is 0 Å². The topological polar surface area (TPSA) is 35.0 Å². The Hall–Kier alpha value is -0.795. The van der Waals surface area contributed by atoms with E-state index in [4.69, 9.17) is 0 Å². The molecule has 0 heterocycles. The van der Waals surface area contributed by atoms with Crippen molar-refractivity contribution < 1.29 is 5.91 Å². The van der Waals surface area contributed by atoms with Crippen molar-refractivity contribution in [2.24, 2.45) is 0 Å². The van der Waals surface area contributed by atoms with Crippen LogP contribution in [0.3, 0.4) is 0 Å². The zero-order valence-corrected chi connectivity index (χ0v) is 10.4. The zero-order chi connectivity index (χ0) is 10.4. The smallest absolute Gasteiger partial charge is 0.104 e. The monoisotopic (exact) mass is 224 g/mol. The first kappa shape index (κ1) is 17.6. The lowest BCUT2D eigenvalue weighted by Gasteiger charge is -2.35. The van der Waals surface area contributed by atoms with Crippen molar-refractivity contribution in [2.45, 2.75) is 27.3 Å². The van der Waals surface area contributed by atoms with Crippen LogP contribution in [0, 0.1) is 0 Å². The van der Waals surface area contributed by atoms with Gasteiger partial charge in [0.05, 0.1) is 28.0 Å². The lowest BCUT2D eigenvalue weighted by Crippen LogP contribution is -2.46. The average molecular weight is 224 g/mol. The van der Waals surface area contributed by atoms with Crippen LogP contribution in [0.2, 0.25) is 0 Å². The molecule has 0 radical (unpaired) electrons. The number of hydrogen-bond donors (Lipinski definition) is 1. The van der Waals surface area contributed by atoms with Crippen LogP contribution in [0.15, 0.2) is 30.3 Å². The lowest BCUT2D eigenvalue weighted by molar-refractivity contribution is -0.936.